The van der Waals surface area contributed by atoms with Crippen molar-refractivity contribution in [3.8, 4) is 0 Å². The molecule has 0 fully saturated rings. The van der Waals surface area contributed by atoms with Gasteiger partial charge in [0, 0.05) is 20.1 Å². The summed E-state index contributed by atoms with van der Waals surface area (Å²) >= 11 is 0. The second-order valence-electron chi connectivity index (χ2n) is 4.67. The number of urea groups is 1. The fourth-order valence-electron chi connectivity index (χ4n) is 1.01. The molecular formula is C11H20N2O5. The number of carbonyl (C=O) groups is 3. The van der Waals surface area contributed by atoms with Crippen molar-refractivity contribution in [3.05, 3.63) is 0 Å². The van der Waals surface area contributed by atoms with Crippen LogP contribution in [0.25, 0.3) is 0 Å². The zero-order valence-electron chi connectivity index (χ0n) is 11.1. The molecule has 18 heavy (non-hydrogen) atoms. The summed E-state index contributed by atoms with van der Waals surface area (Å²) in [6.07, 6.45) is -0.434. The lowest BCUT2D eigenvalue weighted by Crippen LogP contribution is -2.44. The third-order valence-electron chi connectivity index (χ3n) is 2.39. The Morgan fingerprint density at radius 2 is 1.89 bits per heavy atom. The number of amides is 3. The van der Waals surface area contributed by atoms with E-state index in [0.29, 0.717) is 0 Å². The van der Waals surface area contributed by atoms with E-state index in [-0.39, 0.29) is 19.1 Å². The molecule has 0 bridgehead atoms. The lowest BCUT2D eigenvalue weighted by Gasteiger charge is -2.18. The van der Waals surface area contributed by atoms with Crippen LogP contribution in [0, 0.1) is 5.41 Å². The van der Waals surface area contributed by atoms with E-state index in [2.05, 4.69) is 10.6 Å². The lowest BCUT2D eigenvalue weighted by molar-refractivity contribution is -0.149. The van der Waals surface area contributed by atoms with E-state index < -0.39 is 23.3 Å². The SMILES string of the molecule is COC(C)CNC(=O)NC(=O)CC(C)(C)C(=O)O. The van der Waals surface area contributed by atoms with Gasteiger partial charge in [-0.1, -0.05) is 0 Å². The number of methoxy groups -OCH3 is 1. The molecule has 3 amide bonds. The highest BCUT2D eigenvalue weighted by atomic mass is 16.5. The molecule has 0 aliphatic carbocycles. The number of ether oxygens (including phenoxy) is 1. The first-order valence-corrected chi connectivity index (χ1v) is 5.53. The first-order chi connectivity index (χ1) is 8.19. The van der Waals surface area contributed by atoms with Gasteiger partial charge in [0.2, 0.25) is 5.91 Å². The highest BCUT2D eigenvalue weighted by Gasteiger charge is 2.30. The Labute approximate surface area is 106 Å². The van der Waals surface area contributed by atoms with Crippen molar-refractivity contribution in [2.24, 2.45) is 5.41 Å². The summed E-state index contributed by atoms with van der Waals surface area (Å²) in [5.74, 6) is -1.73. The molecule has 3 N–H and O–H groups in total. The van der Waals surface area contributed by atoms with E-state index >= 15 is 0 Å². The molecule has 7 nitrogen and oxygen atoms in total. The molecule has 1 atom stereocenters. The maximum absolute atomic E-state index is 11.4. The fourth-order valence-corrected chi connectivity index (χ4v) is 1.01. The molecule has 0 aliphatic heterocycles. The van der Waals surface area contributed by atoms with Crippen molar-refractivity contribution in [2.45, 2.75) is 33.3 Å². The van der Waals surface area contributed by atoms with E-state index in [9.17, 15) is 14.4 Å². The fraction of sp³-hybridized carbons (Fsp3) is 0.727. The van der Waals surface area contributed by atoms with Gasteiger partial charge in [0.05, 0.1) is 11.5 Å². The Morgan fingerprint density at radius 1 is 1.33 bits per heavy atom. The molecule has 104 valence electrons. The van der Waals surface area contributed by atoms with Crippen molar-refractivity contribution < 1.29 is 24.2 Å². The molecule has 0 aromatic carbocycles. The summed E-state index contributed by atoms with van der Waals surface area (Å²) in [5, 5.41) is 13.3. The zero-order valence-corrected chi connectivity index (χ0v) is 11.1. The number of carbonyl (C=O) groups excluding carboxylic acids is 2. The van der Waals surface area contributed by atoms with Crippen LogP contribution in [-0.4, -0.2) is 42.8 Å². The number of nitrogens with one attached hydrogen (secondary N) is 2. The highest BCUT2D eigenvalue weighted by molar-refractivity contribution is 5.96. The molecule has 0 radical (unpaired) electrons. The van der Waals surface area contributed by atoms with Crippen LogP contribution in [0.2, 0.25) is 0 Å². The smallest absolute Gasteiger partial charge is 0.321 e. The third-order valence-corrected chi connectivity index (χ3v) is 2.39. The maximum Gasteiger partial charge on any atom is 0.321 e. The topological polar surface area (TPSA) is 105 Å². The summed E-state index contributed by atoms with van der Waals surface area (Å²) in [6, 6.07) is -0.662. The number of hydrogen-bond donors (Lipinski definition) is 3. The van der Waals surface area contributed by atoms with Gasteiger partial charge in [0.25, 0.3) is 0 Å². The minimum Gasteiger partial charge on any atom is -0.481 e. The van der Waals surface area contributed by atoms with Crippen LogP contribution < -0.4 is 10.6 Å². The van der Waals surface area contributed by atoms with Crippen LogP contribution in [0.4, 0.5) is 4.79 Å². The van der Waals surface area contributed by atoms with Gasteiger partial charge in [-0.3, -0.25) is 14.9 Å². The number of aliphatic carboxylic acids is 1. The van der Waals surface area contributed by atoms with Crippen LogP contribution in [0.1, 0.15) is 27.2 Å². The van der Waals surface area contributed by atoms with Crippen LogP contribution in [0.5, 0.6) is 0 Å². The number of carboxylic acid groups (broad SMARTS) is 1. The molecule has 0 saturated carbocycles. The summed E-state index contributed by atoms with van der Waals surface area (Å²) in [4.78, 5) is 33.5. The Kier molecular flexibility index (Phi) is 6.32. The number of hydrogen-bond acceptors (Lipinski definition) is 4. The van der Waals surface area contributed by atoms with Crippen molar-refractivity contribution >= 4 is 17.9 Å². The maximum atomic E-state index is 11.4. The van der Waals surface area contributed by atoms with Gasteiger partial charge in [-0.05, 0) is 20.8 Å². The van der Waals surface area contributed by atoms with Crippen LogP contribution >= 0.6 is 0 Å². The number of rotatable bonds is 6. The van der Waals surface area contributed by atoms with Gasteiger partial charge in [0.1, 0.15) is 0 Å². The largest absolute Gasteiger partial charge is 0.481 e. The van der Waals surface area contributed by atoms with E-state index in [1.165, 1.54) is 21.0 Å². The van der Waals surface area contributed by atoms with Gasteiger partial charge < -0.3 is 15.2 Å². The first kappa shape index (κ1) is 16.4. The van der Waals surface area contributed by atoms with E-state index in [1.807, 2.05) is 0 Å². The third kappa shape index (κ3) is 6.19. The summed E-state index contributed by atoms with van der Waals surface area (Å²) in [7, 11) is 1.50. The quantitative estimate of drug-likeness (QED) is 0.639. The van der Waals surface area contributed by atoms with E-state index in [4.69, 9.17) is 9.84 Å². The van der Waals surface area contributed by atoms with E-state index in [1.54, 1.807) is 6.92 Å². The predicted octanol–water partition coefficient (Wildman–Crippen LogP) is 0.348. The van der Waals surface area contributed by atoms with Gasteiger partial charge in [-0.2, -0.15) is 0 Å². The monoisotopic (exact) mass is 260 g/mol. The second kappa shape index (κ2) is 6.95. The Morgan fingerprint density at radius 3 is 2.33 bits per heavy atom. The van der Waals surface area contributed by atoms with E-state index in [0.717, 1.165) is 0 Å². The normalized spacial score (nSPS) is 12.7. The van der Waals surface area contributed by atoms with Crippen molar-refractivity contribution in [3.63, 3.8) is 0 Å². The number of imide groups is 1. The van der Waals surface area contributed by atoms with Gasteiger partial charge in [-0.15, -0.1) is 0 Å². The van der Waals surface area contributed by atoms with Crippen LogP contribution in [0.15, 0.2) is 0 Å². The van der Waals surface area contributed by atoms with Crippen molar-refractivity contribution in [2.75, 3.05) is 13.7 Å². The summed E-state index contributed by atoms with van der Waals surface area (Å²) in [5.41, 5.74) is -1.20. The average Bonchev–Trinajstić information content (AvgIpc) is 2.24. The Bertz CT molecular complexity index is 327. The van der Waals surface area contributed by atoms with Crippen LogP contribution in [-0.2, 0) is 14.3 Å². The average molecular weight is 260 g/mol. The Hall–Kier alpha value is -1.63. The molecule has 0 heterocycles. The van der Waals surface area contributed by atoms with Crippen molar-refractivity contribution in [1.82, 2.24) is 10.6 Å². The molecule has 7 heteroatoms. The second-order valence-corrected chi connectivity index (χ2v) is 4.67. The molecule has 0 rings (SSSR count). The standard InChI is InChI=1S/C11H20N2O5/c1-7(18-4)6-12-10(17)13-8(14)5-11(2,3)9(15)16/h7H,5-6H2,1-4H3,(H,15,16)(H2,12,13,14,17). The Balaban J connectivity index is 4.09. The van der Waals surface area contributed by atoms with Crippen molar-refractivity contribution in [1.29, 1.82) is 0 Å². The first-order valence-electron chi connectivity index (χ1n) is 5.53. The molecule has 0 spiro atoms. The van der Waals surface area contributed by atoms with Crippen LogP contribution in [0.3, 0.4) is 0 Å². The molecule has 0 saturated heterocycles. The number of carboxylic acids is 1. The van der Waals surface area contributed by atoms with Gasteiger partial charge >= 0.3 is 12.0 Å². The molecule has 1 unspecified atom stereocenters. The summed E-state index contributed by atoms with van der Waals surface area (Å²) < 4.78 is 4.91. The summed E-state index contributed by atoms with van der Waals surface area (Å²) in [6.45, 7) is 4.85. The predicted molar refractivity (Wildman–Crippen MR) is 64.0 cm³/mol. The highest BCUT2D eigenvalue weighted by Crippen LogP contribution is 2.19. The lowest BCUT2D eigenvalue weighted by atomic mass is 9.89. The molecule has 0 aromatic rings. The zero-order chi connectivity index (χ0) is 14.3. The molecule has 0 aromatic heterocycles. The minimum atomic E-state index is -1.20. The van der Waals surface area contributed by atoms with Gasteiger partial charge in [0.15, 0.2) is 0 Å². The molecular weight excluding hydrogens is 240 g/mol. The van der Waals surface area contributed by atoms with Gasteiger partial charge in [-0.25, -0.2) is 4.79 Å². The molecule has 0 aliphatic rings. The minimum absolute atomic E-state index is 0.165.